The lowest BCUT2D eigenvalue weighted by Gasteiger charge is -2.38. The van der Waals surface area contributed by atoms with E-state index in [9.17, 15) is 24.0 Å². The second-order valence-corrected chi connectivity index (χ2v) is 8.02. The van der Waals surface area contributed by atoms with Gasteiger partial charge in [-0.2, -0.15) is 0 Å². The number of imide groups is 1. The highest BCUT2D eigenvalue weighted by Gasteiger charge is 2.38. The summed E-state index contributed by atoms with van der Waals surface area (Å²) in [6.45, 7) is 7.38. The van der Waals surface area contributed by atoms with Crippen molar-refractivity contribution in [3.8, 4) is 0 Å². The highest BCUT2D eigenvalue weighted by atomic mass is 16.8. The van der Waals surface area contributed by atoms with Crippen LogP contribution in [-0.2, 0) is 28.8 Å². The third-order valence-corrected chi connectivity index (χ3v) is 5.33. The Hall–Kier alpha value is -2.53. The van der Waals surface area contributed by atoms with Crippen molar-refractivity contribution in [2.24, 2.45) is 5.41 Å². The topological polar surface area (TPSA) is 137 Å². The van der Waals surface area contributed by atoms with Crippen LogP contribution in [0.25, 0.3) is 0 Å². The maximum Gasteiger partial charge on any atom is 0.334 e. The molecule has 1 atom stereocenters. The summed E-state index contributed by atoms with van der Waals surface area (Å²) in [6.07, 6.45) is -0.0802. The maximum atomic E-state index is 12.7. The second kappa shape index (κ2) is 12.4. The molecule has 0 radical (unpaired) electrons. The van der Waals surface area contributed by atoms with Gasteiger partial charge in [-0.3, -0.25) is 19.2 Å². The van der Waals surface area contributed by atoms with Crippen molar-refractivity contribution in [1.82, 2.24) is 25.9 Å². The van der Waals surface area contributed by atoms with Crippen LogP contribution in [0.1, 0.15) is 46.5 Å². The minimum absolute atomic E-state index is 0.00113. The fourth-order valence-corrected chi connectivity index (χ4v) is 3.24. The fourth-order valence-electron chi connectivity index (χ4n) is 3.24. The molecule has 0 bridgehead atoms. The fraction of sp³-hybridized carbons (Fsp3) is 0.750. The number of rotatable bonds is 13. The number of amides is 4. The van der Waals surface area contributed by atoms with Crippen LogP contribution in [-0.4, -0.2) is 85.9 Å². The molecule has 1 aliphatic rings. The zero-order valence-electron chi connectivity index (χ0n) is 19.1. The van der Waals surface area contributed by atoms with E-state index in [1.807, 2.05) is 34.9 Å². The van der Waals surface area contributed by atoms with Crippen LogP contribution in [0.3, 0.4) is 0 Å². The molecule has 1 saturated heterocycles. The summed E-state index contributed by atoms with van der Waals surface area (Å²) in [4.78, 5) is 65.9. The van der Waals surface area contributed by atoms with Crippen molar-refractivity contribution in [3.63, 3.8) is 0 Å². The van der Waals surface area contributed by atoms with Gasteiger partial charge in [-0.15, -0.1) is 5.06 Å². The smallest absolute Gasteiger partial charge is 0.334 e. The van der Waals surface area contributed by atoms with Crippen LogP contribution < -0.4 is 16.0 Å². The number of likely N-dealkylation sites (N-methyl/N-ethyl adjacent to an activating group) is 2. The van der Waals surface area contributed by atoms with Crippen molar-refractivity contribution in [3.05, 3.63) is 0 Å². The standard InChI is InChI=1S/C20H35N5O6/c1-6-24(5)14(13-21-4)20(2,3)19(30)23-11-9-15(26)22-12-10-18(29)31-25-16(27)7-8-17(25)28/h14,21H,6-13H2,1-5H3,(H,22,26)(H,23,30)/i1+1,4+1,5+1,6+1,13+1,14+1,18+1,22+1. The molecule has 11 nitrogen and oxygen atoms in total. The van der Waals surface area contributed by atoms with Gasteiger partial charge in [0.25, 0.3) is 11.8 Å². The first-order valence-electron chi connectivity index (χ1n) is 10.5. The highest BCUT2D eigenvalue weighted by Crippen LogP contribution is 2.24. The number of carbonyl (C=O) groups excluding carboxylic acids is 5. The number of carbonyl (C=O) groups is 5. The highest BCUT2D eigenvalue weighted by molar-refractivity contribution is 6.01. The van der Waals surface area contributed by atoms with Gasteiger partial charge in [0.15, 0.2) is 0 Å². The molecule has 0 aromatic carbocycles. The number of nitrogens with zero attached hydrogens (tertiary/aromatic N) is 2. The second-order valence-electron chi connectivity index (χ2n) is 8.02. The van der Waals surface area contributed by atoms with Crippen LogP contribution >= 0.6 is 0 Å². The van der Waals surface area contributed by atoms with Crippen LogP contribution in [0.5, 0.6) is 0 Å². The Morgan fingerprint density at radius 2 is 1.68 bits per heavy atom. The van der Waals surface area contributed by atoms with Crippen molar-refractivity contribution < 1.29 is 28.8 Å². The summed E-state index contributed by atoms with van der Waals surface area (Å²) in [7, 11) is 3.80. The molecule has 0 spiro atoms. The summed E-state index contributed by atoms with van der Waals surface area (Å²) >= 11 is 0. The van der Waals surface area contributed by atoms with Crippen LogP contribution in [0.2, 0.25) is 0 Å². The predicted octanol–water partition coefficient (Wildman–Crippen LogP) is -0.828. The van der Waals surface area contributed by atoms with E-state index < -0.39 is 23.2 Å². The minimum Gasteiger partial charge on any atom is -0.355 e. The lowest BCUT2D eigenvalue weighted by Crippen LogP contribution is -2.55. The van der Waals surface area contributed by atoms with Crippen molar-refractivity contribution in [2.45, 2.75) is 52.5 Å². The summed E-state index contributed by atoms with van der Waals surface area (Å²) in [5.41, 5.74) is -0.668. The Labute approximate surface area is 183 Å². The van der Waals surface area contributed by atoms with E-state index in [4.69, 9.17) is 4.84 Å². The first-order valence-corrected chi connectivity index (χ1v) is 10.5. The van der Waals surface area contributed by atoms with E-state index in [-0.39, 0.29) is 56.6 Å². The third kappa shape index (κ3) is 7.91. The Kier molecular flexibility index (Phi) is 10.6. The van der Waals surface area contributed by atoms with Crippen molar-refractivity contribution >= 4 is 29.6 Å². The van der Waals surface area contributed by atoms with E-state index in [2.05, 4.69) is 20.9 Å². The molecule has 1 fully saturated rings. The zero-order valence-corrected chi connectivity index (χ0v) is 19.1. The van der Waals surface area contributed by atoms with E-state index in [0.29, 0.717) is 11.6 Å². The molecular formula is C20H35N5O6. The summed E-state index contributed by atoms with van der Waals surface area (Å²) in [5.74, 6) is -2.37. The molecule has 31 heavy (non-hydrogen) atoms. The van der Waals surface area contributed by atoms with Gasteiger partial charge in [-0.25, -0.2) is 4.79 Å². The quantitative estimate of drug-likeness (QED) is 0.188. The van der Waals surface area contributed by atoms with Gasteiger partial charge in [-0.05, 0) is 34.5 Å². The first kappa shape index (κ1) is 26.5. The molecule has 1 unspecified atom stereocenters. The van der Waals surface area contributed by atoms with Gasteiger partial charge in [0, 0.05) is 44.9 Å². The van der Waals surface area contributed by atoms with Gasteiger partial charge in [0.1, 0.15) is 0 Å². The summed E-state index contributed by atoms with van der Waals surface area (Å²) in [5, 5.41) is 8.93. The van der Waals surface area contributed by atoms with Crippen LogP contribution in [0.4, 0.5) is 0 Å². The van der Waals surface area contributed by atoms with Crippen molar-refractivity contribution in [1.29, 1.82) is 0 Å². The molecule has 3 N–H and O–H groups in total. The number of nitrogens with one attached hydrogen (secondary N) is 3. The molecular weight excluding hydrogens is 414 g/mol. The largest absolute Gasteiger partial charge is 0.355 e. The molecule has 0 saturated carbocycles. The molecule has 0 aliphatic carbocycles. The molecule has 0 aromatic rings. The lowest BCUT2D eigenvalue weighted by molar-refractivity contribution is -0.197. The maximum absolute atomic E-state index is 12.7. The minimum atomic E-state index is -0.783. The average Bonchev–Trinajstić information content (AvgIpc) is 3.03. The van der Waals surface area contributed by atoms with Gasteiger partial charge in [0.2, 0.25) is 11.8 Å². The Morgan fingerprint density at radius 3 is 2.23 bits per heavy atom. The van der Waals surface area contributed by atoms with E-state index >= 15 is 0 Å². The third-order valence-electron chi connectivity index (χ3n) is 5.33. The monoisotopic (exact) mass is 449 g/mol. The number of hydroxylamine groups is 2. The van der Waals surface area contributed by atoms with Crippen molar-refractivity contribution in [2.75, 3.05) is 40.3 Å². The molecule has 1 rings (SSSR count). The van der Waals surface area contributed by atoms with Gasteiger partial charge in [-0.1, -0.05) is 6.92 Å². The SMILES string of the molecule is CC(C)(C(=O)NCCC(=O)[15NH]CC[13C](=O)ON1C(=O)CCC1=O)[13CH]([13CH2]N[13CH3])N([13CH3])[13CH2][13CH3]. The number of hydrogen-bond acceptors (Lipinski definition) is 8. The summed E-state index contributed by atoms with van der Waals surface area (Å²) in [6, 6.07) is -0.0169. The van der Waals surface area contributed by atoms with Crippen LogP contribution in [0, 0.1) is 5.41 Å². The first-order chi connectivity index (χ1) is 14.5. The van der Waals surface area contributed by atoms with Gasteiger partial charge in [0.05, 0.1) is 11.8 Å². The predicted molar refractivity (Wildman–Crippen MR) is 112 cm³/mol. The number of hydrogen-bond donors (Lipinski definition) is 3. The average molecular weight is 449 g/mol. The van der Waals surface area contributed by atoms with Crippen LogP contribution in [0.15, 0.2) is 0 Å². The molecule has 0 aromatic heterocycles. The van der Waals surface area contributed by atoms with E-state index in [1.165, 1.54) is 0 Å². The summed E-state index contributed by atoms with van der Waals surface area (Å²) < 4.78 is 0. The Bertz CT molecular complexity index is 665. The van der Waals surface area contributed by atoms with Gasteiger partial charge < -0.3 is 25.7 Å². The zero-order chi connectivity index (χ0) is 23.6. The lowest BCUT2D eigenvalue weighted by atomic mass is 9.99. The van der Waals surface area contributed by atoms with Gasteiger partial charge >= 0.3 is 5.97 Å². The Morgan fingerprint density at radius 1 is 1.10 bits per heavy atom. The molecule has 1 aliphatic heterocycles. The van der Waals surface area contributed by atoms with E-state index in [0.717, 1.165) is 6.54 Å². The molecule has 176 valence electrons. The Balaban J connectivity index is 2.34. The molecule has 1 heterocycles. The molecule has 4 amide bonds. The molecule has 11 heteroatoms. The normalized spacial score (nSPS) is 15.2. The van der Waals surface area contributed by atoms with E-state index in [1.54, 1.807) is 0 Å².